The van der Waals surface area contributed by atoms with Gasteiger partial charge in [-0.25, -0.2) is 0 Å². The molecule has 0 saturated heterocycles. The van der Waals surface area contributed by atoms with Crippen molar-refractivity contribution < 1.29 is 40.1 Å². The van der Waals surface area contributed by atoms with Gasteiger partial charge in [0.05, 0.1) is 0 Å². The standard InChI is InChI=1S/C2H4O2.Cd.2H/c1-2(3)4;;;/h1H3,(H,3,4);;;/q;;2*-1. The van der Waals surface area contributed by atoms with E-state index in [9.17, 15) is 0 Å². The summed E-state index contributed by atoms with van der Waals surface area (Å²) >= 11 is 0. The van der Waals surface area contributed by atoms with Crippen LogP contribution >= 0.6 is 0 Å². The van der Waals surface area contributed by atoms with Gasteiger partial charge in [-0.1, -0.05) is 0 Å². The van der Waals surface area contributed by atoms with Gasteiger partial charge < -0.3 is 7.96 Å². The molecule has 0 aliphatic carbocycles. The van der Waals surface area contributed by atoms with E-state index in [1.807, 2.05) is 0 Å². The summed E-state index contributed by atoms with van der Waals surface area (Å²) in [5, 5.41) is 7.42. The summed E-state index contributed by atoms with van der Waals surface area (Å²) < 4.78 is 0. The number of carboxylic acid groups (broad SMARTS) is 1. The first kappa shape index (κ1) is 9.04. The van der Waals surface area contributed by atoms with Gasteiger partial charge in [0.1, 0.15) is 0 Å². The molecule has 0 radical (unpaired) electrons. The van der Waals surface area contributed by atoms with Crippen molar-refractivity contribution in [1.82, 2.24) is 0 Å². The predicted octanol–water partition coefficient (Wildman–Crippen LogP) is 0.313. The fraction of sp³-hybridized carbons (Fsp3) is 0.500. The van der Waals surface area contributed by atoms with Crippen molar-refractivity contribution in [1.29, 1.82) is 0 Å². The molecule has 0 unspecified atom stereocenters. The Balaban J connectivity index is -0.0000000150. The third kappa shape index (κ3) is 163. The maximum Gasteiger partial charge on any atom is 0.300 e. The molecular weight excluding hydrogens is 168 g/mol. The number of aliphatic carboxylic acids is 1. The fourth-order valence-corrected chi connectivity index (χ4v) is 0. The molecule has 0 aromatic rings. The summed E-state index contributed by atoms with van der Waals surface area (Å²) in [5.74, 6) is -0.833. The first-order valence-corrected chi connectivity index (χ1v) is 0.928. The quantitative estimate of drug-likeness (QED) is 0.537. The topological polar surface area (TPSA) is 37.3 Å². The smallest absolute Gasteiger partial charge is 0.300 e. The molecule has 0 rings (SSSR count). The van der Waals surface area contributed by atoms with E-state index in [4.69, 9.17) is 9.90 Å². The number of hydrogen-bond donors (Lipinski definition) is 1. The molecule has 30 valence electrons. The van der Waals surface area contributed by atoms with Crippen molar-refractivity contribution in [2.45, 2.75) is 6.92 Å². The summed E-state index contributed by atoms with van der Waals surface area (Å²) in [6.07, 6.45) is 0. The van der Waals surface area contributed by atoms with Crippen LogP contribution in [0.4, 0.5) is 0 Å². The van der Waals surface area contributed by atoms with Crippen LogP contribution in [0.1, 0.15) is 9.78 Å². The van der Waals surface area contributed by atoms with E-state index in [0.717, 1.165) is 6.92 Å². The molecule has 0 amide bonds. The number of carboxylic acids is 1. The van der Waals surface area contributed by atoms with Crippen molar-refractivity contribution in [2.24, 2.45) is 0 Å². The van der Waals surface area contributed by atoms with E-state index >= 15 is 0 Å². The van der Waals surface area contributed by atoms with Gasteiger partial charge in [0, 0.05) is 34.2 Å². The van der Waals surface area contributed by atoms with Crippen LogP contribution in [-0.4, -0.2) is 11.1 Å². The van der Waals surface area contributed by atoms with Crippen LogP contribution in [0.5, 0.6) is 0 Å². The Hall–Kier alpha value is 0.392. The summed E-state index contributed by atoms with van der Waals surface area (Å²) in [6.45, 7) is 1.08. The molecule has 0 spiro atoms. The van der Waals surface area contributed by atoms with Crippen molar-refractivity contribution >= 4 is 5.97 Å². The molecule has 0 fully saturated rings. The molecule has 0 heterocycles. The van der Waals surface area contributed by atoms with Crippen LogP contribution in [0.3, 0.4) is 0 Å². The Morgan fingerprint density at radius 3 is 2.00 bits per heavy atom. The van der Waals surface area contributed by atoms with Crippen LogP contribution in [-0.2, 0) is 32.1 Å². The largest absolute Gasteiger partial charge is 1.00 e. The normalized spacial score (nSPS) is 5.00. The third-order valence-corrected chi connectivity index (χ3v) is 0. The van der Waals surface area contributed by atoms with Gasteiger partial charge in [-0.2, -0.15) is 0 Å². The number of rotatable bonds is 0. The van der Waals surface area contributed by atoms with Crippen molar-refractivity contribution in [2.75, 3.05) is 0 Å². The third-order valence-electron chi connectivity index (χ3n) is 0. The van der Waals surface area contributed by atoms with E-state index in [0.29, 0.717) is 0 Å². The summed E-state index contributed by atoms with van der Waals surface area (Å²) in [5.41, 5.74) is 0. The molecule has 1 N–H and O–H groups in total. The molecule has 0 bridgehead atoms. The van der Waals surface area contributed by atoms with Gasteiger partial charge >= 0.3 is 0 Å². The van der Waals surface area contributed by atoms with Gasteiger partial charge in [0.15, 0.2) is 0 Å². The second-order valence-electron chi connectivity index (χ2n) is 0.519. The average Bonchev–Trinajstić information content (AvgIpc) is 0.811. The van der Waals surface area contributed by atoms with Crippen molar-refractivity contribution in [3.8, 4) is 0 Å². The first-order chi connectivity index (χ1) is 1.73. The van der Waals surface area contributed by atoms with Gasteiger partial charge in [-0.3, -0.25) is 4.79 Å². The number of carbonyl (C=O) groups is 1. The second kappa shape index (κ2) is 4.39. The minimum atomic E-state index is -0.833. The molecular formula is C2H6CdO2-2. The summed E-state index contributed by atoms with van der Waals surface area (Å²) in [6, 6.07) is 0. The van der Waals surface area contributed by atoms with Gasteiger partial charge in [-0.05, 0) is 0 Å². The predicted molar refractivity (Wildman–Crippen MR) is 15.5 cm³/mol. The first-order valence-electron chi connectivity index (χ1n) is 0.928. The maximum atomic E-state index is 9.00. The minimum Gasteiger partial charge on any atom is -1.00 e. The fourth-order valence-electron chi connectivity index (χ4n) is 0. The van der Waals surface area contributed by atoms with E-state index in [1.54, 1.807) is 0 Å². The zero-order chi connectivity index (χ0) is 3.58. The van der Waals surface area contributed by atoms with E-state index < -0.39 is 5.97 Å². The zero-order valence-corrected chi connectivity index (χ0v) is 7.10. The van der Waals surface area contributed by atoms with Crippen LogP contribution in [0, 0.1) is 0 Å². The van der Waals surface area contributed by atoms with Crippen LogP contribution in [0.2, 0.25) is 0 Å². The van der Waals surface area contributed by atoms with Crippen molar-refractivity contribution in [3.63, 3.8) is 0 Å². The number of hydrogen-bond acceptors (Lipinski definition) is 1. The molecule has 2 nitrogen and oxygen atoms in total. The summed E-state index contributed by atoms with van der Waals surface area (Å²) in [7, 11) is 0. The Labute approximate surface area is 53.3 Å². The molecule has 5 heavy (non-hydrogen) atoms. The van der Waals surface area contributed by atoms with Crippen LogP contribution in [0.15, 0.2) is 0 Å². The van der Waals surface area contributed by atoms with Crippen LogP contribution in [0.25, 0.3) is 0 Å². The monoisotopic (exact) mass is 176 g/mol. The Bertz CT molecular complexity index is 36.7. The summed E-state index contributed by atoms with van der Waals surface area (Å²) in [4.78, 5) is 9.00. The van der Waals surface area contributed by atoms with Crippen molar-refractivity contribution in [3.05, 3.63) is 0 Å². The Morgan fingerprint density at radius 1 is 2.00 bits per heavy atom. The van der Waals surface area contributed by atoms with Gasteiger partial charge in [0.2, 0.25) is 0 Å². The van der Waals surface area contributed by atoms with Crippen LogP contribution < -0.4 is 0 Å². The van der Waals surface area contributed by atoms with E-state index in [1.165, 1.54) is 0 Å². The van der Waals surface area contributed by atoms with Gasteiger partial charge in [0.25, 0.3) is 5.97 Å². The van der Waals surface area contributed by atoms with E-state index in [2.05, 4.69) is 0 Å². The SMILES string of the molecule is CC(=O)O.[Cd].[H-].[H-]. The molecule has 0 aliphatic heterocycles. The van der Waals surface area contributed by atoms with E-state index in [-0.39, 0.29) is 30.2 Å². The second-order valence-corrected chi connectivity index (χ2v) is 0.519. The Kier molecular flexibility index (Phi) is 7.94. The molecule has 0 saturated carbocycles. The average molecular weight is 174 g/mol. The molecule has 3 heteroatoms. The molecule has 0 aliphatic rings. The zero-order valence-electron chi connectivity index (χ0n) is 5.06. The molecule has 0 aromatic carbocycles. The molecule has 0 aromatic heterocycles. The Morgan fingerprint density at radius 2 is 2.00 bits per heavy atom. The molecule has 0 atom stereocenters. The maximum absolute atomic E-state index is 9.00. The minimum absolute atomic E-state index is 0. The van der Waals surface area contributed by atoms with Gasteiger partial charge in [-0.15, -0.1) is 0 Å².